The maximum Gasteiger partial charge on any atom is 0.337 e. The van der Waals surface area contributed by atoms with Crippen LogP contribution in [0.5, 0.6) is 0 Å². The van der Waals surface area contributed by atoms with Gasteiger partial charge in [0.1, 0.15) is 6.10 Å². The van der Waals surface area contributed by atoms with Gasteiger partial charge < -0.3 is 19.8 Å². The molecule has 2 unspecified atom stereocenters. The molecule has 1 aliphatic heterocycles. The van der Waals surface area contributed by atoms with Gasteiger partial charge in [0.05, 0.1) is 7.11 Å². The van der Waals surface area contributed by atoms with Crippen molar-refractivity contribution in [3.05, 3.63) is 29.8 Å². The Morgan fingerprint density at radius 1 is 1.20 bits per heavy atom. The number of aliphatic hydroxyl groups excluding tert-OH is 2. The van der Waals surface area contributed by atoms with Crippen LogP contribution in [0.4, 0.5) is 5.69 Å². The number of benzene rings is 1. The standard InChI is InChI=1S/C15H21NO4/c1-20-15(19)14(18)13(17)11-7-3-4-8-12(11)16-9-5-2-6-10-16/h3-4,7-8,13-14,17-18H,2,5-6,9-10H2,1H3. The van der Waals surface area contributed by atoms with Crippen LogP contribution in [0.2, 0.25) is 0 Å². The fourth-order valence-electron chi connectivity index (χ4n) is 2.58. The Balaban J connectivity index is 2.24. The number of methoxy groups -OCH3 is 1. The van der Waals surface area contributed by atoms with E-state index in [9.17, 15) is 15.0 Å². The number of hydrogen-bond acceptors (Lipinski definition) is 5. The van der Waals surface area contributed by atoms with E-state index in [4.69, 9.17) is 0 Å². The van der Waals surface area contributed by atoms with Crippen LogP contribution in [0.3, 0.4) is 0 Å². The number of rotatable bonds is 4. The lowest BCUT2D eigenvalue weighted by Crippen LogP contribution is -2.33. The molecule has 2 N–H and O–H groups in total. The Bertz CT molecular complexity index is 457. The van der Waals surface area contributed by atoms with E-state index in [-0.39, 0.29) is 0 Å². The largest absolute Gasteiger partial charge is 0.467 e. The molecule has 1 aliphatic rings. The fourth-order valence-corrected chi connectivity index (χ4v) is 2.58. The molecule has 1 fully saturated rings. The summed E-state index contributed by atoms with van der Waals surface area (Å²) in [4.78, 5) is 13.6. The molecule has 1 heterocycles. The number of hydrogen-bond donors (Lipinski definition) is 2. The van der Waals surface area contributed by atoms with Gasteiger partial charge in [-0.15, -0.1) is 0 Å². The van der Waals surface area contributed by atoms with E-state index in [1.54, 1.807) is 12.1 Å². The molecular formula is C15H21NO4. The first-order valence-electron chi connectivity index (χ1n) is 6.93. The molecule has 2 rings (SSSR count). The second-order valence-electron chi connectivity index (χ2n) is 5.02. The van der Waals surface area contributed by atoms with E-state index in [1.165, 1.54) is 13.5 Å². The molecule has 5 nitrogen and oxygen atoms in total. The number of esters is 1. The summed E-state index contributed by atoms with van der Waals surface area (Å²) in [6.45, 7) is 1.86. The molecule has 2 atom stereocenters. The number of ether oxygens (including phenoxy) is 1. The second kappa shape index (κ2) is 6.72. The third-order valence-electron chi connectivity index (χ3n) is 3.69. The van der Waals surface area contributed by atoms with Crippen molar-refractivity contribution in [2.75, 3.05) is 25.1 Å². The van der Waals surface area contributed by atoms with Crippen LogP contribution in [0.25, 0.3) is 0 Å². The van der Waals surface area contributed by atoms with Crippen LogP contribution in [-0.2, 0) is 9.53 Å². The molecule has 20 heavy (non-hydrogen) atoms. The van der Waals surface area contributed by atoms with Crippen LogP contribution in [-0.4, -0.2) is 42.5 Å². The minimum atomic E-state index is -1.56. The highest BCUT2D eigenvalue weighted by Crippen LogP contribution is 2.30. The minimum Gasteiger partial charge on any atom is -0.467 e. The monoisotopic (exact) mass is 279 g/mol. The van der Waals surface area contributed by atoms with Gasteiger partial charge in [0.2, 0.25) is 0 Å². The number of piperidine rings is 1. The predicted octanol–water partition coefficient (Wildman–Crippen LogP) is 1.24. The summed E-state index contributed by atoms with van der Waals surface area (Å²) >= 11 is 0. The summed E-state index contributed by atoms with van der Waals surface area (Å²) in [5, 5.41) is 20.0. The number of aliphatic hydroxyl groups is 2. The van der Waals surface area contributed by atoms with Gasteiger partial charge in [0.25, 0.3) is 0 Å². The van der Waals surface area contributed by atoms with Crippen molar-refractivity contribution >= 4 is 11.7 Å². The van der Waals surface area contributed by atoms with Crippen molar-refractivity contribution in [1.29, 1.82) is 0 Å². The molecule has 1 aromatic carbocycles. The quantitative estimate of drug-likeness (QED) is 0.812. The predicted molar refractivity (Wildman–Crippen MR) is 75.5 cm³/mol. The van der Waals surface area contributed by atoms with Gasteiger partial charge in [0.15, 0.2) is 6.10 Å². The molecule has 1 saturated heterocycles. The van der Waals surface area contributed by atoms with E-state index in [0.29, 0.717) is 5.56 Å². The smallest absolute Gasteiger partial charge is 0.337 e. The van der Waals surface area contributed by atoms with E-state index < -0.39 is 18.2 Å². The highest BCUT2D eigenvalue weighted by molar-refractivity contribution is 5.76. The Morgan fingerprint density at radius 2 is 1.85 bits per heavy atom. The molecule has 5 heteroatoms. The Kier molecular flexibility index (Phi) is 4.98. The van der Waals surface area contributed by atoms with Gasteiger partial charge in [-0.25, -0.2) is 4.79 Å². The molecule has 0 radical (unpaired) electrons. The molecule has 0 bridgehead atoms. The second-order valence-corrected chi connectivity index (χ2v) is 5.02. The minimum absolute atomic E-state index is 0.562. The van der Waals surface area contributed by atoms with E-state index in [1.807, 2.05) is 12.1 Å². The number of para-hydroxylation sites is 1. The SMILES string of the molecule is COC(=O)C(O)C(O)c1ccccc1N1CCCCC1. The van der Waals surface area contributed by atoms with Crippen molar-refractivity contribution in [2.45, 2.75) is 31.5 Å². The van der Waals surface area contributed by atoms with Gasteiger partial charge in [-0.2, -0.15) is 0 Å². The fraction of sp³-hybridized carbons (Fsp3) is 0.533. The van der Waals surface area contributed by atoms with Gasteiger partial charge >= 0.3 is 5.97 Å². The topological polar surface area (TPSA) is 70.0 Å². The van der Waals surface area contributed by atoms with Gasteiger partial charge in [-0.1, -0.05) is 18.2 Å². The summed E-state index contributed by atoms with van der Waals surface area (Å²) in [5.74, 6) is -0.828. The molecule has 1 aromatic rings. The maximum atomic E-state index is 11.4. The number of carbonyl (C=O) groups is 1. The third-order valence-corrected chi connectivity index (χ3v) is 3.69. The van der Waals surface area contributed by atoms with E-state index in [2.05, 4.69) is 9.64 Å². The Hall–Kier alpha value is -1.59. The summed E-state index contributed by atoms with van der Waals surface area (Å²) in [5.41, 5.74) is 1.44. The van der Waals surface area contributed by atoms with Crippen LogP contribution in [0, 0.1) is 0 Å². The average Bonchev–Trinajstić information content (AvgIpc) is 2.53. The lowest BCUT2D eigenvalue weighted by molar-refractivity contribution is -0.156. The van der Waals surface area contributed by atoms with Crippen molar-refractivity contribution < 1.29 is 19.7 Å². The van der Waals surface area contributed by atoms with Crippen molar-refractivity contribution in [1.82, 2.24) is 0 Å². The summed E-state index contributed by atoms with van der Waals surface area (Å²) < 4.78 is 4.48. The molecule has 0 aromatic heterocycles. The summed E-state index contributed by atoms with van der Waals surface area (Å²) in [7, 11) is 1.19. The normalized spacial score (nSPS) is 18.4. The Morgan fingerprint density at radius 3 is 2.50 bits per heavy atom. The molecule has 110 valence electrons. The number of anilines is 1. The van der Waals surface area contributed by atoms with Gasteiger partial charge in [0, 0.05) is 24.3 Å². The summed E-state index contributed by atoms with van der Waals surface area (Å²) in [6, 6.07) is 7.33. The molecule has 0 spiro atoms. The lowest BCUT2D eigenvalue weighted by Gasteiger charge is -2.32. The number of nitrogens with zero attached hydrogens (tertiary/aromatic N) is 1. The van der Waals surface area contributed by atoms with E-state index in [0.717, 1.165) is 31.6 Å². The summed E-state index contributed by atoms with van der Waals surface area (Å²) in [6.07, 6.45) is 0.603. The first kappa shape index (κ1) is 14.8. The van der Waals surface area contributed by atoms with Crippen molar-refractivity contribution in [3.8, 4) is 0 Å². The first-order valence-corrected chi connectivity index (χ1v) is 6.93. The highest BCUT2D eigenvalue weighted by Gasteiger charge is 2.29. The zero-order chi connectivity index (χ0) is 14.5. The van der Waals surface area contributed by atoms with Gasteiger partial charge in [-0.3, -0.25) is 0 Å². The zero-order valence-corrected chi connectivity index (χ0v) is 11.7. The zero-order valence-electron chi connectivity index (χ0n) is 11.7. The van der Waals surface area contributed by atoms with Gasteiger partial charge in [-0.05, 0) is 25.3 Å². The van der Waals surface area contributed by atoms with Crippen molar-refractivity contribution in [3.63, 3.8) is 0 Å². The van der Waals surface area contributed by atoms with Crippen LogP contribution in [0.1, 0.15) is 30.9 Å². The first-order chi connectivity index (χ1) is 9.65. The number of carbonyl (C=O) groups excluding carboxylic acids is 1. The van der Waals surface area contributed by atoms with Crippen LogP contribution >= 0.6 is 0 Å². The van der Waals surface area contributed by atoms with Crippen LogP contribution < -0.4 is 4.90 Å². The molecule has 0 aliphatic carbocycles. The molecule has 0 amide bonds. The van der Waals surface area contributed by atoms with Crippen LogP contribution in [0.15, 0.2) is 24.3 Å². The maximum absolute atomic E-state index is 11.4. The Labute approximate surface area is 118 Å². The molecule has 0 saturated carbocycles. The average molecular weight is 279 g/mol. The lowest BCUT2D eigenvalue weighted by atomic mass is 10.00. The van der Waals surface area contributed by atoms with E-state index >= 15 is 0 Å². The highest BCUT2D eigenvalue weighted by atomic mass is 16.5. The van der Waals surface area contributed by atoms with Crippen molar-refractivity contribution in [2.24, 2.45) is 0 Å². The molecular weight excluding hydrogens is 258 g/mol. The third kappa shape index (κ3) is 3.11.